The minimum absolute atomic E-state index is 0.139. The molecule has 3 nitrogen and oxygen atoms in total. The van der Waals surface area contributed by atoms with Gasteiger partial charge >= 0.3 is 0 Å². The molecule has 0 atom stereocenters. The van der Waals surface area contributed by atoms with Crippen LogP contribution in [0, 0.1) is 6.92 Å². The van der Waals surface area contributed by atoms with Crippen LogP contribution < -0.4 is 0 Å². The summed E-state index contributed by atoms with van der Waals surface area (Å²) in [5, 5.41) is 0.963. The lowest BCUT2D eigenvalue weighted by atomic mass is 9.62. The molecule has 0 unspecified atom stereocenters. The van der Waals surface area contributed by atoms with E-state index in [0.29, 0.717) is 35.3 Å². The molecule has 5 rings (SSSR count). The zero-order valence-electron chi connectivity index (χ0n) is 24.0. The molecule has 40 heavy (non-hydrogen) atoms. The molecule has 0 fully saturated rings. The van der Waals surface area contributed by atoms with E-state index in [9.17, 15) is 4.79 Å². The topological polar surface area (TPSA) is 33.5 Å². The van der Waals surface area contributed by atoms with Crippen LogP contribution in [0.25, 0.3) is 0 Å². The third kappa shape index (κ3) is 6.01. The fourth-order valence-electron chi connectivity index (χ4n) is 5.75. The van der Waals surface area contributed by atoms with Crippen LogP contribution in [-0.2, 0) is 30.3 Å². The Labute approximate surface area is 248 Å². The van der Waals surface area contributed by atoms with Crippen molar-refractivity contribution in [1.29, 1.82) is 0 Å². The van der Waals surface area contributed by atoms with Gasteiger partial charge in [-0.25, -0.2) is 0 Å². The number of carbonyl (C=O) groups is 1. The van der Waals surface area contributed by atoms with Gasteiger partial charge in [0, 0.05) is 19.5 Å². The van der Waals surface area contributed by atoms with Crippen molar-refractivity contribution in [3.63, 3.8) is 0 Å². The molecule has 1 aliphatic rings. The minimum atomic E-state index is -0.161. The Hall–Kier alpha value is -3.01. The highest BCUT2D eigenvalue weighted by Gasteiger charge is 2.37. The van der Waals surface area contributed by atoms with Crippen LogP contribution >= 0.6 is 23.2 Å². The van der Waals surface area contributed by atoms with Crippen molar-refractivity contribution in [2.75, 3.05) is 0 Å². The largest absolute Gasteiger partial charge is 0.456 e. The predicted octanol–water partition coefficient (Wildman–Crippen LogP) is 9.68. The van der Waals surface area contributed by atoms with Gasteiger partial charge in [-0.05, 0) is 88.2 Å². The zero-order chi connectivity index (χ0) is 28.7. The maximum absolute atomic E-state index is 13.8. The van der Waals surface area contributed by atoms with E-state index in [4.69, 9.17) is 27.6 Å². The van der Waals surface area contributed by atoms with Crippen molar-refractivity contribution in [2.45, 2.75) is 77.8 Å². The fraction of sp³-hybridized carbons (Fsp3) is 0.343. The molecule has 0 saturated heterocycles. The lowest BCUT2D eigenvalue weighted by Gasteiger charge is -2.42. The lowest BCUT2D eigenvalue weighted by molar-refractivity contribution is 0.0696. The van der Waals surface area contributed by atoms with Crippen molar-refractivity contribution >= 4 is 29.1 Å². The smallest absolute Gasteiger partial charge is 0.290 e. The van der Waals surface area contributed by atoms with Crippen LogP contribution in [-0.4, -0.2) is 10.8 Å². The quantitative estimate of drug-likeness (QED) is 0.220. The van der Waals surface area contributed by atoms with Gasteiger partial charge in [0.15, 0.2) is 5.76 Å². The Bertz CT molecular complexity index is 1530. The Kier molecular flexibility index (Phi) is 7.92. The zero-order valence-corrected chi connectivity index (χ0v) is 25.5. The highest BCUT2D eigenvalue weighted by atomic mass is 35.5. The Morgan fingerprint density at radius 2 is 1.45 bits per heavy atom. The minimum Gasteiger partial charge on any atom is -0.456 e. The molecule has 0 saturated carbocycles. The molecule has 4 aromatic rings. The van der Waals surface area contributed by atoms with Crippen molar-refractivity contribution in [2.24, 2.45) is 0 Å². The maximum atomic E-state index is 13.8. The molecule has 0 spiro atoms. The molecule has 1 amide bonds. The first-order chi connectivity index (χ1) is 18.9. The van der Waals surface area contributed by atoms with Crippen molar-refractivity contribution in [3.8, 4) is 0 Å². The van der Waals surface area contributed by atoms with Crippen molar-refractivity contribution in [3.05, 3.63) is 128 Å². The molecular formula is C35H37Cl2NO2. The summed E-state index contributed by atoms with van der Waals surface area (Å²) in [6.45, 7) is 12.4. The SMILES string of the molecule is Cc1cc2c(cc1Cc1ccc(C(=O)N(Cc3ccccc3)Cc3ccc(Cl)c(Cl)c3)o1)C(C)(C)CCC2(C)C. The maximum Gasteiger partial charge on any atom is 0.290 e. The van der Waals surface area contributed by atoms with E-state index in [1.807, 2.05) is 48.5 Å². The van der Waals surface area contributed by atoms with Gasteiger partial charge in [0.2, 0.25) is 0 Å². The molecule has 0 bridgehead atoms. The van der Waals surface area contributed by atoms with Crippen LogP contribution in [0.4, 0.5) is 0 Å². The number of hydrogen-bond acceptors (Lipinski definition) is 2. The molecule has 0 aliphatic heterocycles. The standard InChI is InChI=1S/C35H37Cl2NO2/c1-23-17-28-29(35(4,5)16-15-34(28,2)3)20-26(23)19-27-12-14-32(40-27)33(39)38(21-24-9-7-6-8-10-24)22-25-11-13-30(36)31(37)18-25/h6-14,17-18,20H,15-16,19,21-22H2,1-5H3. The van der Waals surface area contributed by atoms with Gasteiger partial charge in [0.25, 0.3) is 5.91 Å². The number of fused-ring (bicyclic) bond motifs is 1. The number of amides is 1. The van der Waals surface area contributed by atoms with Gasteiger partial charge in [-0.2, -0.15) is 0 Å². The Balaban J connectivity index is 1.41. The lowest BCUT2D eigenvalue weighted by Crippen LogP contribution is -2.34. The number of carbonyl (C=O) groups excluding carboxylic acids is 1. The summed E-state index contributed by atoms with van der Waals surface area (Å²) in [7, 11) is 0. The summed E-state index contributed by atoms with van der Waals surface area (Å²) in [6.07, 6.45) is 3.01. The van der Waals surface area contributed by atoms with Gasteiger partial charge in [0.1, 0.15) is 5.76 Å². The van der Waals surface area contributed by atoms with Crippen molar-refractivity contribution in [1.82, 2.24) is 4.90 Å². The molecule has 5 heteroatoms. The number of rotatable bonds is 7. The number of aryl methyl sites for hydroxylation is 1. The Morgan fingerprint density at radius 1 is 0.800 bits per heavy atom. The van der Waals surface area contributed by atoms with Crippen LogP contribution in [0.15, 0.2) is 77.2 Å². The average Bonchev–Trinajstić information content (AvgIpc) is 3.38. The second-order valence-corrected chi connectivity index (χ2v) is 13.2. The molecule has 1 heterocycles. The summed E-state index contributed by atoms with van der Waals surface area (Å²) in [4.78, 5) is 15.5. The average molecular weight is 575 g/mol. The first-order valence-corrected chi connectivity index (χ1v) is 14.7. The Morgan fingerprint density at radius 3 is 2.12 bits per heavy atom. The van der Waals surface area contributed by atoms with Gasteiger partial charge in [0.05, 0.1) is 10.0 Å². The molecule has 3 aromatic carbocycles. The normalized spacial score (nSPS) is 15.5. The van der Waals surface area contributed by atoms with Crippen LogP contribution in [0.3, 0.4) is 0 Å². The van der Waals surface area contributed by atoms with Crippen LogP contribution in [0.1, 0.15) is 90.2 Å². The summed E-state index contributed by atoms with van der Waals surface area (Å²) >= 11 is 12.4. The summed E-state index contributed by atoms with van der Waals surface area (Å²) in [5.41, 5.74) is 7.66. The van der Waals surface area contributed by atoms with Crippen molar-refractivity contribution < 1.29 is 9.21 Å². The van der Waals surface area contributed by atoms with E-state index in [1.165, 1.54) is 35.1 Å². The predicted molar refractivity (Wildman–Crippen MR) is 164 cm³/mol. The molecule has 1 aromatic heterocycles. The van der Waals surface area contributed by atoms with Gasteiger partial charge < -0.3 is 9.32 Å². The summed E-state index contributed by atoms with van der Waals surface area (Å²) in [6, 6.07) is 23.9. The highest BCUT2D eigenvalue weighted by Crippen LogP contribution is 2.46. The van der Waals surface area contributed by atoms with E-state index in [0.717, 1.165) is 16.9 Å². The van der Waals surface area contributed by atoms with E-state index in [1.54, 1.807) is 17.0 Å². The summed E-state index contributed by atoms with van der Waals surface area (Å²) in [5.74, 6) is 0.961. The van der Waals surface area contributed by atoms with E-state index in [-0.39, 0.29) is 16.7 Å². The fourth-order valence-corrected chi connectivity index (χ4v) is 6.07. The summed E-state index contributed by atoms with van der Waals surface area (Å²) < 4.78 is 6.20. The molecular weight excluding hydrogens is 537 g/mol. The van der Waals surface area contributed by atoms with Gasteiger partial charge in [-0.15, -0.1) is 0 Å². The number of benzene rings is 3. The third-order valence-electron chi connectivity index (χ3n) is 8.41. The van der Waals surface area contributed by atoms with Crippen LogP contribution in [0.5, 0.6) is 0 Å². The number of furan rings is 1. The van der Waals surface area contributed by atoms with E-state index < -0.39 is 0 Å². The van der Waals surface area contributed by atoms with E-state index in [2.05, 4.69) is 46.8 Å². The second-order valence-electron chi connectivity index (χ2n) is 12.4. The number of halogens is 2. The number of hydrogen-bond donors (Lipinski definition) is 0. The first kappa shape index (κ1) is 28.5. The molecule has 1 aliphatic carbocycles. The molecule has 0 N–H and O–H groups in total. The third-order valence-corrected chi connectivity index (χ3v) is 9.15. The highest BCUT2D eigenvalue weighted by molar-refractivity contribution is 6.42. The van der Waals surface area contributed by atoms with E-state index >= 15 is 0 Å². The molecule has 208 valence electrons. The monoisotopic (exact) mass is 573 g/mol. The van der Waals surface area contributed by atoms with Crippen LogP contribution in [0.2, 0.25) is 10.0 Å². The van der Waals surface area contributed by atoms with Gasteiger partial charge in [-0.1, -0.05) is 99.4 Å². The first-order valence-electron chi connectivity index (χ1n) is 13.9. The van der Waals surface area contributed by atoms with Gasteiger partial charge in [-0.3, -0.25) is 4.79 Å². The molecule has 0 radical (unpaired) electrons. The number of nitrogens with zero attached hydrogens (tertiary/aromatic N) is 1. The second kappa shape index (κ2) is 11.1.